The first-order valence-electron chi connectivity index (χ1n) is 5.20. The van der Waals surface area contributed by atoms with Crippen LogP contribution in [-0.4, -0.2) is 0 Å². The van der Waals surface area contributed by atoms with Crippen LogP contribution in [0.4, 0.5) is 14.5 Å². The third kappa shape index (κ3) is 3.09. The molecule has 0 saturated heterocycles. The van der Waals surface area contributed by atoms with Crippen molar-refractivity contribution in [2.45, 2.75) is 6.54 Å². The molecule has 1 N–H and O–H groups in total. The van der Waals surface area contributed by atoms with E-state index >= 15 is 0 Å². The molecule has 2 aromatic carbocycles. The molecule has 0 spiro atoms. The second kappa shape index (κ2) is 5.80. The Labute approximate surface area is 120 Å². The van der Waals surface area contributed by atoms with Crippen LogP contribution in [-0.2, 0) is 6.54 Å². The van der Waals surface area contributed by atoms with E-state index in [0.717, 1.165) is 16.1 Å². The Morgan fingerprint density at radius 1 is 0.944 bits per heavy atom. The van der Waals surface area contributed by atoms with Crippen LogP contribution in [0.25, 0.3) is 0 Å². The minimum absolute atomic E-state index is 0.235. The lowest BCUT2D eigenvalue weighted by molar-refractivity contribution is 0.580. The zero-order valence-electron chi connectivity index (χ0n) is 9.18. The molecule has 94 valence electrons. The minimum atomic E-state index is -0.612. The van der Waals surface area contributed by atoms with Crippen molar-refractivity contribution in [3.8, 4) is 0 Å². The van der Waals surface area contributed by atoms with E-state index in [1.165, 1.54) is 6.07 Å². The molecule has 0 aliphatic heterocycles. The fraction of sp³-hybridized carbons (Fsp3) is 0.0769. The van der Waals surface area contributed by atoms with Gasteiger partial charge in [-0.3, -0.25) is 0 Å². The maximum atomic E-state index is 13.5. The van der Waals surface area contributed by atoms with Gasteiger partial charge in [0.25, 0.3) is 0 Å². The highest BCUT2D eigenvalue weighted by Gasteiger charge is 2.08. The van der Waals surface area contributed by atoms with Gasteiger partial charge < -0.3 is 5.32 Å². The van der Waals surface area contributed by atoms with Gasteiger partial charge in [-0.25, -0.2) is 8.78 Å². The summed E-state index contributed by atoms with van der Waals surface area (Å²) >= 11 is 6.44. The van der Waals surface area contributed by atoms with Gasteiger partial charge in [-0.1, -0.05) is 34.1 Å². The molecule has 0 heterocycles. The monoisotopic (exact) mass is 375 g/mol. The molecule has 2 aromatic rings. The van der Waals surface area contributed by atoms with Gasteiger partial charge >= 0.3 is 0 Å². The molecule has 2 rings (SSSR count). The molecule has 0 unspecified atom stereocenters. The van der Waals surface area contributed by atoms with Gasteiger partial charge in [0.05, 0.1) is 10.2 Å². The van der Waals surface area contributed by atoms with Crippen LogP contribution in [0.3, 0.4) is 0 Å². The first-order valence-corrected chi connectivity index (χ1v) is 6.78. The van der Waals surface area contributed by atoms with Crippen molar-refractivity contribution < 1.29 is 8.78 Å². The molecule has 0 aliphatic carbocycles. The van der Waals surface area contributed by atoms with Crippen LogP contribution < -0.4 is 5.32 Å². The Balaban J connectivity index is 2.16. The van der Waals surface area contributed by atoms with Crippen molar-refractivity contribution in [3.63, 3.8) is 0 Å². The summed E-state index contributed by atoms with van der Waals surface area (Å²) < 4.78 is 27.7. The molecule has 0 aromatic heterocycles. The maximum Gasteiger partial charge on any atom is 0.149 e. The van der Waals surface area contributed by atoms with Crippen molar-refractivity contribution in [3.05, 3.63) is 62.5 Å². The summed E-state index contributed by atoms with van der Waals surface area (Å²) in [6, 6.07) is 9.89. The smallest absolute Gasteiger partial charge is 0.149 e. The highest BCUT2D eigenvalue weighted by Crippen LogP contribution is 2.25. The summed E-state index contributed by atoms with van der Waals surface area (Å²) in [4.78, 5) is 0. The molecule has 0 bridgehead atoms. The van der Waals surface area contributed by atoms with Crippen LogP contribution in [0.5, 0.6) is 0 Å². The number of nitrogens with one attached hydrogen (secondary N) is 1. The van der Waals surface area contributed by atoms with Crippen molar-refractivity contribution in [2.75, 3.05) is 5.32 Å². The van der Waals surface area contributed by atoms with Crippen molar-refractivity contribution >= 4 is 37.5 Å². The minimum Gasteiger partial charge on any atom is -0.379 e. The summed E-state index contributed by atoms with van der Waals surface area (Å²) in [7, 11) is 0. The molecular formula is C13H9Br2F2N. The predicted molar refractivity (Wildman–Crippen MR) is 75.5 cm³/mol. The quantitative estimate of drug-likeness (QED) is 0.734. The standard InChI is InChI=1S/C13H9Br2F2N/c14-9-4-2-1-3-8(9)7-18-13-5-10(15)11(16)6-12(13)17/h1-6,18H,7H2. The fourth-order valence-corrected chi connectivity index (χ4v) is 2.26. The second-order valence-electron chi connectivity index (χ2n) is 3.69. The normalized spacial score (nSPS) is 10.4. The zero-order valence-corrected chi connectivity index (χ0v) is 12.4. The predicted octanol–water partition coefficient (Wildman–Crippen LogP) is 5.10. The third-order valence-electron chi connectivity index (χ3n) is 2.44. The van der Waals surface area contributed by atoms with E-state index in [1.807, 2.05) is 24.3 Å². The molecule has 5 heteroatoms. The number of anilines is 1. The number of hydrogen-bond donors (Lipinski definition) is 1. The fourth-order valence-electron chi connectivity index (χ4n) is 1.49. The topological polar surface area (TPSA) is 12.0 Å². The Morgan fingerprint density at radius 3 is 2.39 bits per heavy atom. The largest absolute Gasteiger partial charge is 0.379 e. The number of rotatable bonds is 3. The van der Waals surface area contributed by atoms with Crippen LogP contribution >= 0.6 is 31.9 Å². The first kappa shape index (κ1) is 13.5. The van der Waals surface area contributed by atoms with E-state index in [0.29, 0.717) is 6.54 Å². The molecule has 0 amide bonds. The molecule has 0 radical (unpaired) electrons. The van der Waals surface area contributed by atoms with Crippen molar-refractivity contribution in [1.29, 1.82) is 0 Å². The maximum absolute atomic E-state index is 13.5. The van der Waals surface area contributed by atoms with Crippen LogP contribution in [0.1, 0.15) is 5.56 Å². The molecule has 18 heavy (non-hydrogen) atoms. The van der Waals surface area contributed by atoms with Gasteiger partial charge in [-0.15, -0.1) is 0 Å². The van der Waals surface area contributed by atoms with Gasteiger partial charge in [0.15, 0.2) is 0 Å². The van der Waals surface area contributed by atoms with E-state index in [4.69, 9.17) is 0 Å². The molecule has 0 atom stereocenters. The van der Waals surface area contributed by atoms with Crippen LogP contribution in [0.15, 0.2) is 45.3 Å². The number of halogens is 4. The Morgan fingerprint density at radius 2 is 1.67 bits per heavy atom. The van der Waals surface area contributed by atoms with Gasteiger partial charge in [-0.05, 0) is 33.6 Å². The third-order valence-corrected chi connectivity index (χ3v) is 3.82. The summed E-state index contributed by atoms with van der Waals surface area (Å²) in [5, 5.41) is 2.94. The SMILES string of the molecule is Fc1cc(F)c(NCc2ccccc2Br)cc1Br. The lowest BCUT2D eigenvalue weighted by Crippen LogP contribution is -2.02. The van der Waals surface area contributed by atoms with Gasteiger partial charge in [0.1, 0.15) is 11.6 Å². The molecule has 0 fully saturated rings. The number of hydrogen-bond acceptors (Lipinski definition) is 1. The van der Waals surface area contributed by atoms with Gasteiger partial charge in [0.2, 0.25) is 0 Å². The van der Waals surface area contributed by atoms with Gasteiger partial charge in [-0.2, -0.15) is 0 Å². The number of benzene rings is 2. The van der Waals surface area contributed by atoms with Gasteiger partial charge in [0, 0.05) is 17.1 Å². The second-order valence-corrected chi connectivity index (χ2v) is 5.40. The Hall–Kier alpha value is -0.940. The molecule has 0 saturated carbocycles. The van der Waals surface area contributed by atoms with Crippen LogP contribution in [0, 0.1) is 11.6 Å². The summed E-state index contributed by atoms with van der Waals surface area (Å²) in [6.07, 6.45) is 0. The average molecular weight is 377 g/mol. The average Bonchev–Trinajstić information content (AvgIpc) is 2.34. The molecule has 1 nitrogen and oxygen atoms in total. The highest BCUT2D eigenvalue weighted by molar-refractivity contribution is 9.10. The van der Waals surface area contributed by atoms with Crippen LogP contribution in [0.2, 0.25) is 0 Å². The Bertz CT molecular complexity index is 573. The highest BCUT2D eigenvalue weighted by atomic mass is 79.9. The van der Waals surface area contributed by atoms with E-state index in [9.17, 15) is 8.78 Å². The van der Waals surface area contributed by atoms with Crippen molar-refractivity contribution in [1.82, 2.24) is 0 Å². The molecular weight excluding hydrogens is 368 g/mol. The molecule has 0 aliphatic rings. The summed E-state index contributed by atoms with van der Waals surface area (Å²) in [5.41, 5.74) is 1.26. The van der Waals surface area contributed by atoms with Crippen molar-refractivity contribution in [2.24, 2.45) is 0 Å². The summed E-state index contributed by atoms with van der Waals surface area (Å²) in [6.45, 7) is 0.455. The van der Waals surface area contributed by atoms with E-state index in [1.54, 1.807) is 0 Å². The lowest BCUT2D eigenvalue weighted by atomic mass is 10.2. The zero-order chi connectivity index (χ0) is 13.1. The lowest BCUT2D eigenvalue weighted by Gasteiger charge is -2.10. The Kier molecular flexibility index (Phi) is 4.35. The van der Waals surface area contributed by atoms with E-state index in [2.05, 4.69) is 37.2 Å². The van der Waals surface area contributed by atoms with E-state index in [-0.39, 0.29) is 10.2 Å². The first-order chi connectivity index (χ1) is 8.58. The summed E-state index contributed by atoms with van der Waals surface area (Å²) in [5.74, 6) is -1.22. The van der Waals surface area contributed by atoms with E-state index < -0.39 is 11.6 Å².